The lowest BCUT2D eigenvalue weighted by molar-refractivity contribution is -0.166. The van der Waals surface area contributed by atoms with E-state index in [1.54, 1.807) is 0 Å². The van der Waals surface area contributed by atoms with Crippen LogP contribution in [0, 0.1) is 0 Å². The van der Waals surface area contributed by atoms with Gasteiger partial charge in [-0.1, -0.05) is 270 Å². The van der Waals surface area contributed by atoms with E-state index in [0.717, 1.165) is 83.5 Å². The molecule has 0 amide bonds. The molecule has 0 fully saturated rings. The second-order valence-corrected chi connectivity index (χ2v) is 19.2. The normalized spacial score (nSPS) is 13.1. The van der Waals surface area contributed by atoms with Crippen molar-refractivity contribution in [2.24, 2.45) is 0 Å². The molecule has 0 aromatic heterocycles. The summed E-state index contributed by atoms with van der Waals surface area (Å²) in [4.78, 5) is 38.2. The van der Waals surface area contributed by atoms with E-state index in [2.05, 4.69) is 136 Å². The third-order valence-corrected chi connectivity index (χ3v) is 12.2. The lowest BCUT2D eigenvalue weighted by Crippen LogP contribution is -2.30. The third kappa shape index (κ3) is 58.3. The van der Waals surface area contributed by atoms with Crippen LogP contribution in [-0.4, -0.2) is 37.2 Å². The third-order valence-electron chi connectivity index (χ3n) is 12.2. The maximum atomic E-state index is 12.9. The van der Waals surface area contributed by atoms with Crippen molar-refractivity contribution < 1.29 is 28.6 Å². The van der Waals surface area contributed by atoms with Crippen LogP contribution in [0.4, 0.5) is 0 Å². The lowest BCUT2D eigenvalue weighted by atomic mass is 10.0. The molecule has 0 rings (SSSR count). The van der Waals surface area contributed by atoms with E-state index in [9.17, 15) is 14.4 Å². The van der Waals surface area contributed by atoms with E-state index >= 15 is 0 Å². The summed E-state index contributed by atoms with van der Waals surface area (Å²) in [5.41, 5.74) is 0. The summed E-state index contributed by atoms with van der Waals surface area (Å²) in [7, 11) is 0. The zero-order chi connectivity index (χ0) is 52.9. The fourth-order valence-corrected chi connectivity index (χ4v) is 7.75. The number of hydrogen-bond acceptors (Lipinski definition) is 6. The summed E-state index contributed by atoms with van der Waals surface area (Å²) >= 11 is 0. The second-order valence-electron chi connectivity index (χ2n) is 19.2. The summed E-state index contributed by atoms with van der Waals surface area (Å²) in [5, 5.41) is 0. The van der Waals surface area contributed by atoms with Crippen molar-refractivity contribution in [2.45, 2.75) is 258 Å². The molecule has 0 aliphatic heterocycles. The quantitative estimate of drug-likeness (QED) is 0.0261. The highest BCUT2D eigenvalue weighted by Gasteiger charge is 2.19. The molecule has 0 spiro atoms. The highest BCUT2D eigenvalue weighted by atomic mass is 16.6. The first-order chi connectivity index (χ1) is 36.0. The highest BCUT2D eigenvalue weighted by molar-refractivity contribution is 5.71. The molecule has 0 aromatic carbocycles. The number of carbonyl (C=O) groups excluding carboxylic acids is 3. The number of allylic oxidation sites excluding steroid dienone is 22. The number of esters is 3. The molecular formula is C67H108O6. The molecule has 412 valence electrons. The lowest BCUT2D eigenvalue weighted by Gasteiger charge is -2.18. The average Bonchev–Trinajstić information content (AvgIpc) is 3.39. The van der Waals surface area contributed by atoms with E-state index in [4.69, 9.17) is 14.2 Å². The predicted octanol–water partition coefficient (Wildman–Crippen LogP) is 20.2. The van der Waals surface area contributed by atoms with E-state index in [1.807, 2.05) is 18.2 Å². The number of ether oxygens (including phenoxy) is 3. The molecular weight excluding hydrogens is 901 g/mol. The molecule has 1 atom stereocenters. The zero-order valence-corrected chi connectivity index (χ0v) is 47.1. The number of hydrogen-bond donors (Lipinski definition) is 0. The Labute approximate surface area is 449 Å². The van der Waals surface area contributed by atoms with Crippen molar-refractivity contribution in [1.82, 2.24) is 0 Å². The molecule has 0 saturated carbocycles. The van der Waals surface area contributed by atoms with Crippen LogP contribution in [-0.2, 0) is 28.6 Å². The van der Waals surface area contributed by atoms with E-state index in [0.29, 0.717) is 19.3 Å². The van der Waals surface area contributed by atoms with Crippen molar-refractivity contribution in [1.29, 1.82) is 0 Å². The molecule has 0 aromatic rings. The van der Waals surface area contributed by atoms with Gasteiger partial charge < -0.3 is 14.2 Å². The van der Waals surface area contributed by atoms with Gasteiger partial charge in [0.1, 0.15) is 13.2 Å². The number of rotatable bonds is 52. The summed E-state index contributed by atoms with van der Waals surface area (Å²) in [5.74, 6) is -1.10. The van der Waals surface area contributed by atoms with Crippen LogP contribution in [0.5, 0.6) is 0 Å². The Hall–Kier alpha value is -4.45. The molecule has 0 unspecified atom stereocenters. The first-order valence-corrected chi connectivity index (χ1v) is 29.7. The summed E-state index contributed by atoms with van der Waals surface area (Å²) < 4.78 is 16.7. The van der Waals surface area contributed by atoms with Crippen molar-refractivity contribution >= 4 is 17.9 Å². The molecule has 0 aliphatic rings. The first kappa shape index (κ1) is 68.6. The molecule has 0 radical (unpaired) electrons. The van der Waals surface area contributed by atoms with Crippen LogP contribution in [0.1, 0.15) is 252 Å². The molecule has 0 saturated heterocycles. The fourth-order valence-electron chi connectivity index (χ4n) is 7.75. The summed E-state index contributed by atoms with van der Waals surface area (Å²) in [6.45, 7) is 6.37. The summed E-state index contributed by atoms with van der Waals surface area (Å²) in [6, 6.07) is 0. The van der Waals surface area contributed by atoms with Gasteiger partial charge in [-0.2, -0.15) is 0 Å². The van der Waals surface area contributed by atoms with Crippen LogP contribution < -0.4 is 0 Å². The van der Waals surface area contributed by atoms with Gasteiger partial charge in [0, 0.05) is 19.3 Å². The predicted molar refractivity (Wildman–Crippen MR) is 316 cm³/mol. The van der Waals surface area contributed by atoms with Gasteiger partial charge in [-0.15, -0.1) is 0 Å². The largest absolute Gasteiger partial charge is 0.462 e. The van der Waals surface area contributed by atoms with Gasteiger partial charge in [-0.05, 0) is 96.3 Å². The van der Waals surface area contributed by atoms with Gasteiger partial charge in [0.05, 0.1) is 0 Å². The fraction of sp³-hybridized carbons (Fsp3) is 0.627. The zero-order valence-electron chi connectivity index (χ0n) is 47.1. The monoisotopic (exact) mass is 1010 g/mol. The van der Waals surface area contributed by atoms with Gasteiger partial charge in [0.25, 0.3) is 0 Å². The van der Waals surface area contributed by atoms with Crippen LogP contribution in [0.3, 0.4) is 0 Å². The molecule has 6 nitrogen and oxygen atoms in total. The van der Waals surface area contributed by atoms with Crippen LogP contribution in [0.2, 0.25) is 0 Å². The van der Waals surface area contributed by atoms with Crippen LogP contribution >= 0.6 is 0 Å². The highest BCUT2D eigenvalue weighted by Crippen LogP contribution is 2.15. The molecule has 0 N–H and O–H groups in total. The van der Waals surface area contributed by atoms with Crippen molar-refractivity contribution in [2.75, 3.05) is 13.2 Å². The molecule has 0 bridgehead atoms. The Morgan fingerprint density at radius 2 is 0.562 bits per heavy atom. The van der Waals surface area contributed by atoms with Crippen molar-refractivity contribution in [3.8, 4) is 0 Å². The standard InChI is InChI=1S/C67H108O6/c1-4-7-10-13-16-19-22-25-28-31-33-36-38-41-44-47-50-53-56-59-65(68)71-62-64(73-67(70)61-58-55-52-49-46-43-40-35-30-27-24-21-18-15-12-9-6-3)63-72-66(69)60-57-54-51-48-45-42-39-37-34-32-29-26-23-20-17-14-11-8-5-2/h7,10,16-17,19-20,25-26,28-29,33-34,36-37,41-42,44-45,50-51,53-54,64H,4-6,8-9,11-15,18,21-24,27,30-32,35,38-40,43,46-49,52,55-63H2,1-3H3/b10-7-,19-16-,20-17-,28-25-,29-26-,36-33-,37-34-,44-41-,45-42-,53-50-,54-51-/t64-/m1/s1. The molecule has 6 heteroatoms. The van der Waals surface area contributed by atoms with Gasteiger partial charge in [0.15, 0.2) is 6.10 Å². The number of carbonyl (C=O) groups is 3. The maximum absolute atomic E-state index is 12.9. The SMILES string of the molecule is CC/C=C\C/C=C\C/C=C\C/C=C\C/C=C\C/C=C\CCC(=O)OC[C@H](COC(=O)CC/C=C\C/C=C\C/C=C\C/C=C\C/C=C\CCCCC)OC(=O)CCCCCCCCCCCCCCCCCCC. The van der Waals surface area contributed by atoms with E-state index in [-0.39, 0.29) is 44.0 Å². The minimum atomic E-state index is -0.843. The van der Waals surface area contributed by atoms with Crippen molar-refractivity contribution in [3.05, 3.63) is 134 Å². The minimum absolute atomic E-state index is 0.143. The minimum Gasteiger partial charge on any atom is -0.462 e. The average molecular weight is 1010 g/mol. The smallest absolute Gasteiger partial charge is 0.306 e. The van der Waals surface area contributed by atoms with Gasteiger partial charge >= 0.3 is 17.9 Å². The maximum Gasteiger partial charge on any atom is 0.306 e. The number of unbranched alkanes of at least 4 members (excludes halogenated alkanes) is 19. The molecule has 73 heavy (non-hydrogen) atoms. The molecule has 0 aliphatic carbocycles. The topological polar surface area (TPSA) is 78.9 Å². The Morgan fingerprint density at radius 1 is 0.288 bits per heavy atom. The van der Waals surface area contributed by atoms with E-state index in [1.165, 1.54) is 116 Å². The van der Waals surface area contributed by atoms with Crippen LogP contribution in [0.15, 0.2) is 134 Å². The van der Waals surface area contributed by atoms with Gasteiger partial charge in [-0.25, -0.2) is 0 Å². The Bertz CT molecular complexity index is 1580. The van der Waals surface area contributed by atoms with Gasteiger partial charge in [-0.3, -0.25) is 14.4 Å². The Balaban J connectivity index is 4.61. The molecule has 0 heterocycles. The Kier molecular flexibility index (Phi) is 56.4. The summed E-state index contributed by atoms with van der Waals surface area (Å²) in [6.07, 6.45) is 84.7. The van der Waals surface area contributed by atoms with Crippen LogP contribution in [0.25, 0.3) is 0 Å². The van der Waals surface area contributed by atoms with Gasteiger partial charge in [0.2, 0.25) is 0 Å². The van der Waals surface area contributed by atoms with Crippen molar-refractivity contribution in [3.63, 3.8) is 0 Å². The first-order valence-electron chi connectivity index (χ1n) is 29.7. The van der Waals surface area contributed by atoms with E-state index < -0.39 is 6.10 Å². The Morgan fingerprint density at radius 3 is 0.890 bits per heavy atom. The second kappa shape index (κ2) is 60.1.